The summed E-state index contributed by atoms with van der Waals surface area (Å²) >= 11 is 0. The van der Waals surface area contributed by atoms with Gasteiger partial charge in [-0.25, -0.2) is 8.78 Å². The van der Waals surface area contributed by atoms with Crippen molar-refractivity contribution >= 4 is 11.6 Å². The standard InChI is InChI=1S/C15H23F2N3O/c1-10(2)20(3)7-5-4-6-19-15(21)12-8-11(16)9-13(18)14(12)17/h8-10H,4-7,18H2,1-3H3,(H,19,21). The molecule has 1 aromatic carbocycles. The molecule has 0 atom stereocenters. The predicted molar refractivity (Wildman–Crippen MR) is 80.1 cm³/mol. The zero-order chi connectivity index (χ0) is 16.0. The number of carbonyl (C=O) groups is 1. The van der Waals surface area contributed by atoms with E-state index in [4.69, 9.17) is 5.73 Å². The van der Waals surface area contributed by atoms with E-state index >= 15 is 0 Å². The van der Waals surface area contributed by atoms with Crippen LogP contribution >= 0.6 is 0 Å². The zero-order valence-electron chi connectivity index (χ0n) is 12.7. The molecule has 6 heteroatoms. The van der Waals surface area contributed by atoms with E-state index in [1.807, 2.05) is 7.05 Å². The highest BCUT2D eigenvalue weighted by Crippen LogP contribution is 2.17. The fourth-order valence-corrected chi connectivity index (χ4v) is 1.82. The van der Waals surface area contributed by atoms with Crippen LogP contribution in [-0.4, -0.2) is 37.0 Å². The van der Waals surface area contributed by atoms with E-state index in [9.17, 15) is 13.6 Å². The van der Waals surface area contributed by atoms with Crippen LogP contribution in [-0.2, 0) is 0 Å². The average Bonchev–Trinajstić information content (AvgIpc) is 2.41. The Balaban J connectivity index is 2.41. The topological polar surface area (TPSA) is 58.4 Å². The van der Waals surface area contributed by atoms with E-state index < -0.39 is 17.5 Å². The van der Waals surface area contributed by atoms with E-state index in [1.165, 1.54) is 0 Å². The molecule has 0 fully saturated rings. The molecule has 0 aromatic heterocycles. The van der Waals surface area contributed by atoms with Gasteiger partial charge in [-0.2, -0.15) is 0 Å². The summed E-state index contributed by atoms with van der Waals surface area (Å²) in [4.78, 5) is 14.0. The van der Waals surface area contributed by atoms with Crippen LogP contribution in [0.1, 0.15) is 37.0 Å². The minimum atomic E-state index is -0.881. The van der Waals surface area contributed by atoms with Crippen LogP contribution < -0.4 is 11.1 Å². The Morgan fingerprint density at radius 2 is 2.00 bits per heavy atom. The molecule has 0 aliphatic carbocycles. The molecule has 0 radical (unpaired) electrons. The van der Waals surface area contributed by atoms with Crippen LogP contribution in [0.25, 0.3) is 0 Å². The highest BCUT2D eigenvalue weighted by atomic mass is 19.1. The maximum absolute atomic E-state index is 13.6. The number of nitrogens with zero attached hydrogens (tertiary/aromatic N) is 1. The second kappa shape index (κ2) is 7.93. The van der Waals surface area contributed by atoms with Crippen LogP contribution in [0.15, 0.2) is 12.1 Å². The lowest BCUT2D eigenvalue weighted by Gasteiger charge is -2.20. The third kappa shape index (κ3) is 5.30. The van der Waals surface area contributed by atoms with E-state index in [0.29, 0.717) is 12.6 Å². The largest absolute Gasteiger partial charge is 0.396 e. The second-order valence-corrected chi connectivity index (χ2v) is 5.39. The summed E-state index contributed by atoms with van der Waals surface area (Å²) in [6.07, 6.45) is 1.69. The molecular formula is C15H23F2N3O. The monoisotopic (exact) mass is 299 g/mol. The Labute approximate surface area is 124 Å². The van der Waals surface area contributed by atoms with Crippen molar-refractivity contribution in [3.05, 3.63) is 29.3 Å². The van der Waals surface area contributed by atoms with Crippen LogP contribution in [0, 0.1) is 11.6 Å². The summed E-state index contributed by atoms with van der Waals surface area (Å²) in [5, 5.41) is 2.58. The minimum Gasteiger partial charge on any atom is -0.396 e. The first-order valence-electron chi connectivity index (χ1n) is 7.06. The normalized spacial score (nSPS) is 11.2. The van der Waals surface area contributed by atoms with Crippen LogP contribution in [0.4, 0.5) is 14.5 Å². The number of hydrogen-bond donors (Lipinski definition) is 2. The molecule has 118 valence electrons. The summed E-state index contributed by atoms with van der Waals surface area (Å²) < 4.78 is 26.8. The fraction of sp³-hybridized carbons (Fsp3) is 0.533. The predicted octanol–water partition coefficient (Wildman–Crippen LogP) is 2.40. The van der Waals surface area contributed by atoms with Gasteiger partial charge in [0.05, 0.1) is 11.3 Å². The van der Waals surface area contributed by atoms with Gasteiger partial charge in [0.1, 0.15) is 5.82 Å². The molecule has 1 amide bonds. The molecule has 0 saturated heterocycles. The lowest BCUT2D eigenvalue weighted by atomic mass is 10.1. The Morgan fingerprint density at radius 1 is 1.33 bits per heavy atom. The SMILES string of the molecule is CC(C)N(C)CCCCNC(=O)c1cc(F)cc(N)c1F. The molecule has 3 N–H and O–H groups in total. The Kier molecular flexibility index (Phi) is 6.55. The van der Waals surface area contributed by atoms with E-state index in [2.05, 4.69) is 24.1 Å². The van der Waals surface area contributed by atoms with Gasteiger partial charge in [-0.3, -0.25) is 4.79 Å². The molecule has 0 aliphatic rings. The third-order valence-corrected chi connectivity index (χ3v) is 3.41. The van der Waals surface area contributed by atoms with Crippen molar-refractivity contribution in [1.82, 2.24) is 10.2 Å². The van der Waals surface area contributed by atoms with Crippen molar-refractivity contribution in [2.24, 2.45) is 0 Å². The van der Waals surface area contributed by atoms with E-state index in [1.54, 1.807) is 0 Å². The van der Waals surface area contributed by atoms with Gasteiger partial charge in [0.25, 0.3) is 5.91 Å². The fourth-order valence-electron chi connectivity index (χ4n) is 1.82. The van der Waals surface area contributed by atoms with Gasteiger partial charge in [0.2, 0.25) is 0 Å². The smallest absolute Gasteiger partial charge is 0.254 e. The average molecular weight is 299 g/mol. The third-order valence-electron chi connectivity index (χ3n) is 3.41. The Bertz CT molecular complexity index is 492. The maximum atomic E-state index is 13.6. The minimum absolute atomic E-state index is 0.355. The second-order valence-electron chi connectivity index (χ2n) is 5.39. The van der Waals surface area contributed by atoms with Crippen molar-refractivity contribution in [2.45, 2.75) is 32.7 Å². The van der Waals surface area contributed by atoms with Gasteiger partial charge in [0.15, 0.2) is 5.82 Å². The molecule has 0 unspecified atom stereocenters. The number of nitrogens with one attached hydrogen (secondary N) is 1. The number of amides is 1. The van der Waals surface area contributed by atoms with Gasteiger partial charge in [-0.05, 0) is 52.4 Å². The first-order chi connectivity index (χ1) is 9.82. The van der Waals surface area contributed by atoms with Gasteiger partial charge in [-0.1, -0.05) is 0 Å². The van der Waals surface area contributed by atoms with Gasteiger partial charge in [-0.15, -0.1) is 0 Å². The number of nitrogens with two attached hydrogens (primary N) is 1. The summed E-state index contributed by atoms with van der Waals surface area (Å²) in [7, 11) is 2.04. The number of nitrogen functional groups attached to an aromatic ring is 1. The summed E-state index contributed by atoms with van der Waals surface area (Å²) in [5.74, 6) is -2.25. The summed E-state index contributed by atoms with van der Waals surface area (Å²) in [6.45, 7) is 5.56. The van der Waals surface area contributed by atoms with Crippen LogP contribution in [0.5, 0.6) is 0 Å². The van der Waals surface area contributed by atoms with Crippen molar-refractivity contribution in [1.29, 1.82) is 0 Å². The van der Waals surface area contributed by atoms with Gasteiger partial charge < -0.3 is 16.0 Å². The van der Waals surface area contributed by atoms with Gasteiger partial charge in [0, 0.05) is 12.6 Å². The Morgan fingerprint density at radius 3 is 2.62 bits per heavy atom. The first-order valence-corrected chi connectivity index (χ1v) is 7.06. The molecule has 0 heterocycles. The van der Waals surface area contributed by atoms with Crippen molar-refractivity contribution in [3.8, 4) is 0 Å². The van der Waals surface area contributed by atoms with Crippen molar-refractivity contribution < 1.29 is 13.6 Å². The molecule has 1 aromatic rings. The Hall–Kier alpha value is -1.69. The molecule has 0 spiro atoms. The van der Waals surface area contributed by atoms with Crippen LogP contribution in [0.2, 0.25) is 0 Å². The number of hydrogen-bond acceptors (Lipinski definition) is 3. The number of benzene rings is 1. The number of carbonyl (C=O) groups excluding carboxylic acids is 1. The lowest BCUT2D eigenvalue weighted by Crippen LogP contribution is -2.29. The van der Waals surface area contributed by atoms with E-state index in [0.717, 1.165) is 31.5 Å². The number of halogens is 2. The molecule has 0 bridgehead atoms. The molecule has 21 heavy (non-hydrogen) atoms. The summed E-state index contributed by atoms with van der Waals surface area (Å²) in [5.41, 5.74) is 4.58. The molecule has 4 nitrogen and oxygen atoms in total. The number of unbranched alkanes of at least 4 members (excludes halogenated alkanes) is 1. The first kappa shape index (κ1) is 17.4. The quantitative estimate of drug-likeness (QED) is 0.600. The highest BCUT2D eigenvalue weighted by Gasteiger charge is 2.15. The molecule has 0 aliphatic heterocycles. The summed E-state index contributed by atoms with van der Waals surface area (Å²) in [6, 6.07) is 2.19. The maximum Gasteiger partial charge on any atom is 0.254 e. The van der Waals surface area contributed by atoms with Crippen molar-refractivity contribution in [3.63, 3.8) is 0 Å². The molecule has 1 rings (SSSR count). The number of anilines is 1. The number of rotatable bonds is 7. The van der Waals surface area contributed by atoms with E-state index in [-0.39, 0.29) is 11.3 Å². The molecule has 0 saturated carbocycles. The lowest BCUT2D eigenvalue weighted by molar-refractivity contribution is 0.0948. The highest BCUT2D eigenvalue weighted by molar-refractivity contribution is 5.95. The van der Waals surface area contributed by atoms with Crippen molar-refractivity contribution in [2.75, 3.05) is 25.9 Å². The van der Waals surface area contributed by atoms with Crippen LogP contribution in [0.3, 0.4) is 0 Å². The van der Waals surface area contributed by atoms with Gasteiger partial charge >= 0.3 is 0 Å². The zero-order valence-corrected chi connectivity index (χ0v) is 12.7. The molecular weight excluding hydrogens is 276 g/mol.